The van der Waals surface area contributed by atoms with Gasteiger partial charge >= 0.3 is 0 Å². The van der Waals surface area contributed by atoms with Gasteiger partial charge in [-0.05, 0) is 49.1 Å². The molecule has 1 rings (SSSR count). The smallest absolute Gasteiger partial charge is 0.253 e. The highest BCUT2D eigenvalue weighted by atomic mass is 35.5. The molecule has 0 bridgehead atoms. The van der Waals surface area contributed by atoms with Crippen LogP contribution in [0.1, 0.15) is 27.0 Å². The van der Waals surface area contributed by atoms with Crippen LogP contribution < -0.4 is 0 Å². The van der Waals surface area contributed by atoms with Crippen molar-refractivity contribution in [2.45, 2.75) is 20.8 Å². The number of carbonyl (C=O) groups excluding carboxylic acids is 2. The van der Waals surface area contributed by atoms with E-state index in [0.29, 0.717) is 16.8 Å². The molecule has 78 valence electrons. The largest absolute Gasteiger partial charge is 0.276 e. The van der Waals surface area contributed by atoms with Crippen molar-refractivity contribution in [3.63, 3.8) is 0 Å². The molecule has 0 heterocycles. The summed E-state index contributed by atoms with van der Waals surface area (Å²) in [7, 11) is 0. The average molecular weight is 224 g/mol. The van der Waals surface area contributed by atoms with E-state index in [1.807, 2.05) is 6.92 Å². The molecule has 0 amide bonds. The number of rotatable bonds is 2. The Hall–Kier alpha value is -1.44. The molecule has 0 atom stereocenters. The van der Waals surface area contributed by atoms with Crippen molar-refractivity contribution in [2.75, 3.05) is 0 Å². The van der Waals surface area contributed by atoms with Gasteiger partial charge in [0.2, 0.25) is 6.08 Å². The quantitative estimate of drug-likeness (QED) is 0.440. The molecule has 0 aromatic heterocycles. The number of hydrogen-bond donors (Lipinski definition) is 0. The Labute approximate surface area is 92.8 Å². The minimum atomic E-state index is -0.535. The predicted molar refractivity (Wildman–Crippen MR) is 58.6 cm³/mol. The first-order valence-electron chi connectivity index (χ1n) is 4.37. The molecular weight excluding hydrogens is 214 g/mol. The van der Waals surface area contributed by atoms with Crippen LogP contribution in [0.25, 0.3) is 0 Å². The number of benzene rings is 1. The minimum Gasteiger partial charge on any atom is -0.276 e. The van der Waals surface area contributed by atoms with E-state index in [1.165, 1.54) is 6.08 Å². The molecular formula is C11H10ClNO2. The third kappa shape index (κ3) is 2.14. The first-order chi connectivity index (χ1) is 6.99. The maximum absolute atomic E-state index is 11.2. The Balaban J connectivity index is 3.63. The Morgan fingerprint density at radius 3 is 2.40 bits per heavy atom. The van der Waals surface area contributed by atoms with Gasteiger partial charge in [-0.2, -0.15) is 4.99 Å². The monoisotopic (exact) mass is 223 g/mol. The summed E-state index contributed by atoms with van der Waals surface area (Å²) in [6, 6.07) is 1.78. The lowest BCUT2D eigenvalue weighted by molar-refractivity contribution is 0.108. The average Bonchev–Trinajstić information content (AvgIpc) is 2.11. The van der Waals surface area contributed by atoms with Crippen LogP contribution in [0, 0.1) is 20.8 Å². The van der Waals surface area contributed by atoms with Gasteiger partial charge in [0.05, 0.1) is 5.69 Å². The first-order valence-corrected chi connectivity index (χ1v) is 4.75. The predicted octanol–water partition coefficient (Wildman–Crippen LogP) is 2.96. The van der Waals surface area contributed by atoms with Crippen molar-refractivity contribution < 1.29 is 9.59 Å². The maximum atomic E-state index is 11.2. The van der Waals surface area contributed by atoms with Crippen LogP contribution in [0.15, 0.2) is 11.1 Å². The summed E-state index contributed by atoms with van der Waals surface area (Å²) < 4.78 is 0. The van der Waals surface area contributed by atoms with Gasteiger partial charge in [0.15, 0.2) is 0 Å². The number of carbonyl (C=O) groups is 1. The van der Waals surface area contributed by atoms with Crippen LogP contribution in [0.5, 0.6) is 0 Å². The van der Waals surface area contributed by atoms with Crippen LogP contribution in [0.2, 0.25) is 0 Å². The zero-order valence-corrected chi connectivity index (χ0v) is 9.47. The Kier molecular flexibility index (Phi) is 3.40. The van der Waals surface area contributed by atoms with E-state index in [4.69, 9.17) is 11.6 Å². The van der Waals surface area contributed by atoms with Gasteiger partial charge in [0.1, 0.15) is 0 Å². The van der Waals surface area contributed by atoms with E-state index >= 15 is 0 Å². The van der Waals surface area contributed by atoms with Crippen LogP contribution in [-0.2, 0) is 4.79 Å². The standard InChI is InChI=1S/C11H10ClNO2/c1-6-4-7(2)10(13-5-14)8(3)9(6)11(12)15/h4H,1-3H3. The lowest BCUT2D eigenvalue weighted by Gasteiger charge is -2.10. The van der Waals surface area contributed by atoms with Gasteiger partial charge in [-0.1, -0.05) is 6.07 Å². The second kappa shape index (κ2) is 4.39. The summed E-state index contributed by atoms with van der Waals surface area (Å²) in [5, 5.41) is -0.535. The molecule has 0 N–H and O–H groups in total. The zero-order chi connectivity index (χ0) is 11.6. The number of halogens is 1. The fourth-order valence-electron chi connectivity index (χ4n) is 1.70. The van der Waals surface area contributed by atoms with Crippen molar-refractivity contribution in [2.24, 2.45) is 4.99 Å². The number of aliphatic imine (C=N–C) groups is 1. The summed E-state index contributed by atoms with van der Waals surface area (Å²) in [4.78, 5) is 25.0. The van der Waals surface area contributed by atoms with Crippen molar-refractivity contribution in [3.8, 4) is 0 Å². The maximum Gasteiger partial charge on any atom is 0.253 e. The third-order valence-corrected chi connectivity index (χ3v) is 2.47. The SMILES string of the molecule is Cc1cc(C)c(C(=O)Cl)c(C)c1N=C=O. The minimum absolute atomic E-state index is 0.413. The second-order valence-electron chi connectivity index (χ2n) is 3.34. The number of aryl methyl sites for hydroxylation is 2. The highest BCUT2D eigenvalue weighted by molar-refractivity contribution is 6.68. The molecule has 0 saturated heterocycles. The van der Waals surface area contributed by atoms with Gasteiger partial charge in [-0.25, -0.2) is 4.79 Å². The lowest BCUT2D eigenvalue weighted by Crippen LogP contribution is -1.99. The van der Waals surface area contributed by atoms with Gasteiger partial charge in [-0.3, -0.25) is 4.79 Å². The van der Waals surface area contributed by atoms with Gasteiger partial charge < -0.3 is 0 Å². The van der Waals surface area contributed by atoms with Gasteiger partial charge in [-0.15, -0.1) is 0 Å². The normalized spacial score (nSPS) is 9.60. The molecule has 1 aromatic carbocycles. The molecule has 0 aliphatic carbocycles. The van der Waals surface area contributed by atoms with E-state index in [0.717, 1.165) is 11.1 Å². The molecule has 3 nitrogen and oxygen atoms in total. The van der Waals surface area contributed by atoms with E-state index in [-0.39, 0.29) is 0 Å². The Morgan fingerprint density at radius 1 is 1.33 bits per heavy atom. The molecule has 0 radical (unpaired) electrons. The third-order valence-electron chi connectivity index (χ3n) is 2.29. The number of hydrogen-bond acceptors (Lipinski definition) is 3. The Bertz CT molecular complexity index is 448. The van der Waals surface area contributed by atoms with Crippen LogP contribution in [-0.4, -0.2) is 11.3 Å². The van der Waals surface area contributed by atoms with Gasteiger partial charge in [0.25, 0.3) is 5.24 Å². The topological polar surface area (TPSA) is 46.5 Å². The van der Waals surface area contributed by atoms with Crippen LogP contribution >= 0.6 is 11.6 Å². The van der Waals surface area contributed by atoms with Crippen molar-refractivity contribution >= 4 is 28.6 Å². The van der Waals surface area contributed by atoms with E-state index in [9.17, 15) is 9.59 Å². The fraction of sp³-hybridized carbons (Fsp3) is 0.273. The highest BCUT2D eigenvalue weighted by Gasteiger charge is 2.15. The molecule has 0 unspecified atom stereocenters. The summed E-state index contributed by atoms with van der Waals surface area (Å²) in [5.41, 5.74) is 3.12. The first kappa shape index (κ1) is 11.6. The van der Waals surface area contributed by atoms with Crippen molar-refractivity contribution in [1.29, 1.82) is 0 Å². The second-order valence-corrected chi connectivity index (χ2v) is 3.68. The summed E-state index contributed by atoms with van der Waals surface area (Å²) in [6.45, 7) is 5.33. The van der Waals surface area contributed by atoms with Crippen molar-refractivity contribution in [1.82, 2.24) is 0 Å². The van der Waals surface area contributed by atoms with Crippen LogP contribution in [0.4, 0.5) is 5.69 Å². The van der Waals surface area contributed by atoms with Gasteiger partial charge in [0, 0.05) is 5.56 Å². The lowest BCUT2D eigenvalue weighted by atomic mass is 9.98. The summed E-state index contributed by atoms with van der Waals surface area (Å²) in [5.74, 6) is 0. The molecule has 0 saturated carbocycles. The summed E-state index contributed by atoms with van der Waals surface area (Å²) >= 11 is 5.46. The van der Waals surface area contributed by atoms with Crippen LogP contribution in [0.3, 0.4) is 0 Å². The molecule has 0 spiro atoms. The number of isocyanates is 1. The van der Waals surface area contributed by atoms with E-state index in [2.05, 4.69) is 4.99 Å². The Morgan fingerprint density at radius 2 is 1.93 bits per heavy atom. The highest BCUT2D eigenvalue weighted by Crippen LogP contribution is 2.29. The zero-order valence-electron chi connectivity index (χ0n) is 8.72. The molecule has 1 aromatic rings. The summed E-state index contributed by atoms with van der Waals surface area (Å²) in [6.07, 6.45) is 1.47. The van der Waals surface area contributed by atoms with E-state index in [1.54, 1.807) is 19.9 Å². The molecule has 0 fully saturated rings. The van der Waals surface area contributed by atoms with Crippen molar-refractivity contribution in [3.05, 3.63) is 28.3 Å². The molecule has 0 aliphatic heterocycles. The van der Waals surface area contributed by atoms with E-state index < -0.39 is 5.24 Å². The number of nitrogens with zero attached hydrogens (tertiary/aromatic N) is 1. The molecule has 0 aliphatic rings. The fourth-order valence-corrected chi connectivity index (χ4v) is 1.99. The molecule has 15 heavy (non-hydrogen) atoms. The molecule has 4 heteroatoms.